The van der Waals surface area contributed by atoms with Crippen molar-refractivity contribution in [3.05, 3.63) is 53.3 Å². The van der Waals surface area contributed by atoms with Crippen LogP contribution in [-0.4, -0.2) is 30.8 Å². The molecular weight excluding hydrogens is 377 g/mol. The molecule has 1 fully saturated rings. The number of rotatable bonds is 3. The molecule has 148 valence electrons. The van der Waals surface area contributed by atoms with Crippen molar-refractivity contribution in [2.24, 2.45) is 0 Å². The SMILES string of the molecule is CN1C(=O)CCc2cc(Sc3cc(F)cc(C4(C)CC(O)CCO4)c3)ccc21. The van der Waals surface area contributed by atoms with Crippen molar-refractivity contribution in [3.8, 4) is 0 Å². The van der Waals surface area contributed by atoms with Crippen molar-refractivity contribution in [2.75, 3.05) is 18.6 Å². The summed E-state index contributed by atoms with van der Waals surface area (Å²) in [5, 5.41) is 10.0. The number of aryl methyl sites for hydroxylation is 1. The summed E-state index contributed by atoms with van der Waals surface area (Å²) in [5.74, 6) is -0.182. The number of carbonyl (C=O) groups excluding carboxylic acids is 1. The van der Waals surface area contributed by atoms with Crippen LogP contribution in [0.15, 0.2) is 46.2 Å². The summed E-state index contributed by atoms with van der Waals surface area (Å²) in [6, 6.07) is 11.0. The van der Waals surface area contributed by atoms with Gasteiger partial charge in [-0.25, -0.2) is 4.39 Å². The molecule has 0 aliphatic carbocycles. The number of amides is 1. The molecule has 6 heteroatoms. The van der Waals surface area contributed by atoms with E-state index in [2.05, 4.69) is 6.07 Å². The third kappa shape index (κ3) is 3.81. The van der Waals surface area contributed by atoms with E-state index in [0.29, 0.717) is 25.9 Å². The lowest BCUT2D eigenvalue weighted by atomic mass is 9.87. The van der Waals surface area contributed by atoms with Gasteiger partial charge < -0.3 is 14.7 Å². The summed E-state index contributed by atoms with van der Waals surface area (Å²) in [5.41, 5.74) is 2.14. The van der Waals surface area contributed by atoms with E-state index in [1.165, 1.54) is 23.9 Å². The minimum absolute atomic E-state index is 0.130. The van der Waals surface area contributed by atoms with Crippen LogP contribution in [-0.2, 0) is 21.6 Å². The Bertz CT molecular complexity index is 919. The zero-order valence-corrected chi connectivity index (χ0v) is 16.9. The zero-order chi connectivity index (χ0) is 19.9. The number of halogens is 1. The van der Waals surface area contributed by atoms with E-state index in [9.17, 15) is 14.3 Å². The normalized spacial score (nSPS) is 24.9. The van der Waals surface area contributed by atoms with Crippen LogP contribution in [0.2, 0.25) is 0 Å². The summed E-state index contributed by atoms with van der Waals surface area (Å²) >= 11 is 1.49. The molecule has 1 saturated heterocycles. The number of hydrogen-bond acceptors (Lipinski definition) is 4. The highest BCUT2D eigenvalue weighted by atomic mass is 32.2. The van der Waals surface area contributed by atoms with Gasteiger partial charge in [0.1, 0.15) is 5.82 Å². The molecule has 0 radical (unpaired) electrons. The highest BCUT2D eigenvalue weighted by Gasteiger charge is 2.34. The number of nitrogens with zero attached hydrogens (tertiary/aromatic N) is 1. The predicted molar refractivity (Wildman–Crippen MR) is 107 cm³/mol. The number of aliphatic hydroxyl groups excluding tert-OH is 1. The third-order valence-electron chi connectivity index (χ3n) is 5.61. The second-order valence-electron chi connectivity index (χ2n) is 7.75. The maximum atomic E-state index is 14.3. The molecule has 1 amide bonds. The van der Waals surface area contributed by atoms with Gasteiger partial charge in [0.05, 0.1) is 18.3 Å². The lowest BCUT2D eigenvalue weighted by Crippen LogP contribution is -2.37. The Hall–Kier alpha value is -1.89. The van der Waals surface area contributed by atoms with Gasteiger partial charge in [-0.2, -0.15) is 0 Å². The third-order valence-corrected chi connectivity index (χ3v) is 6.57. The standard InChI is InChI=1S/C22H24FNO3S/c1-22(13-17(25)7-8-27-22)15-10-16(23)12-19(11-15)28-18-4-5-20-14(9-18)3-6-21(26)24(20)2/h4-5,9-12,17,25H,3,6-8,13H2,1-2H3. The molecule has 0 aromatic heterocycles. The Morgan fingerprint density at radius 3 is 2.82 bits per heavy atom. The molecular formula is C22H24FNO3S. The molecule has 28 heavy (non-hydrogen) atoms. The second kappa shape index (κ2) is 7.50. The average molecular weight is 402 g/mol. The molecule has 0 bridgehead atoms. The number of hydrogen-bond donors (Lipinski definition) is 1. The van der Waals surface area contributed by atoms with Crippen LogP contribution in [0, 0.1) is 5.82 Å². The van der Waals surface area contributed by atoms with Gasteiger partial charge in [0.2, 0.25) is 5.91 Å². The van der Waals surface area contributed by atoms with Gasteiger partial charge in [-0.3, -0.25) is 4.79 Å². The largest absolute Gasteiger partial charge is 0.393 e. The van der Waals surface area contributed by atoms with Crippen molar-refractivity contribution in [2.45, 2.75) is 54.1 Å². The fourth-order valence-electron chi connectivity index (χ4n) is 3.99. The van der Waals surface area contributed by atoms with E-state index >= 15 is 0 Å². The number of aliphatic hydroxyl groups is 1. The van der Waals surface area contributed by atoms with Crippen LogP contribution in [0.3, 0.4) is 0 Å². The van der Waals surface area contributed by atoms with E-state index in [4.69, 9.17) is 4.74 Å². The first-order valence-corrected chi connectivity index (χ1v) is 10.4. The number of anilines is 1. The Morgan fingerprint density at radius 1 is 1.21 bits per heavy atom. The molecule has 2 aliphatic heterocycles. The maximum Gasteiger partial charge on any atom is 0.227 e. The van der Waals surface area contributed by atoms with Gasteiger partial charge in [-0.05, 0) is 67.3 Å². The number of ether oxygens (including phenoxy) is 1. The quantitative estimate of drug-likeness (QED) is 0.834. The summed E-state index contributed by atoms with van der Waals surface area (Å²) in [6.45, 7) is 2.37. The summed E-state index contributed by atoms with van der Waals surface area (Å²) < 4.78 is 20.2. The van der Waals surface area contributed by atoms with Gasteiger partial charge in [-0.15, -0.1) is 0 Å². The summed E-state index contributed by atoms with van der Waals surface area (Å²) in [4.78, 5) is 15.4. The Kier molecular flexibility index (Phi) is 5.21. The lowest BCUT2D eigenvalue weighted by molar-refractivity contribution is -0.118. The van der Waals surface area contributed by atoms with Gasteiger partial charge in [0.15, 0.2) is 0 Å². The molecule has 0 saturated carbocycles. The van der Waals surface area contributed by atoms with Crippen LogP contribution in [0.4, 0.5) is 10.1 Å². The van der Waals surface area contributed by atoms with Gasteiger partial charge in [-0.1, -0.05) is 11.8 Å². The second-order valence-corrected chi connectivity index (χ2v) is 8.89. The Labute approximate surface area is 168 Å². The predicted octanol–water partition coefficient (Wildman–Crippen LogP) is 4.27. The van der Waals surface area contributed by atoms with Crippen molar-refractivity contribution in [3.63, 3.8) is 0 Å². The van der Waals surface area contributed by atoms with E-state index in [1.54, 1.807) is 11.9 Å². The first-order valence-electron chi connectivity index (χ1n) is 9.54. The van der Waals surface area contributed by atoms with E-state index in [1.807, 2.05) is 25.1 Å². The van der Waals surface area contributed by atoms with Crippen molar-refractivity contribution < 1.29 is 19.0 Å². The Balaban J connectivity index is 1.61. The lowest BCUT2D eigenvalue weighted by Gasteiger charge is -2.37. The highest BCUT2D eigenvalue weighted by molar-refractivity contribution is 7.99. The fraction of sp³-hybridized carbons (Fsp3) is 0.409. The van der Waals surface area contributed by atoms with E-state index in [0.717, 1.165) is 33.0 Å². The van der Waals surface area contributed by atoms with Gasteiger partial charge in [0.25, 0.3) is 0 Å². The minimum Gasteiger partial charge on any atom is -0.393 e. The molecule has 2 aliphatic rings. The molecule has 2 heterocycles. The first-order chi connectivity index (χ1) is 13.3. The van der Waals surface area contributed by atoms with Crippen LogP contribution < -0.4 is 4.90 Å². The molecule has 1 N–H and O–H groups in total. The topological polar surface area (TPSA) is 49.8 Å². The first kappa shape index (κ1) is 19.4. The Morgan fingerprint density at radius 2 is 2.04 bits per heavy atom. The van der Waals surface area contributed by atoms with Crippen molar-refractivity contribution in [1.29, 1.82) is 0 Å². The van der Waals surface area contributed by atoms with Gasteiger partial charge in [0, 0.05) is 35.4 Å². The van der Waals surface area contributed by atoms with Crippen LogP contribution in [0.1, 0.15) is 37.3 Å². The molecule has 0 spiro atoms. The van der Waals surface area contributed by atoms with Crippen molar-refractivity contribution in [1.82, 2.24) is 0 Å². The molecule has 2 aromatic rings. The smallest absolute Gasteiger partial charge is 0.227 e. The van der Waals surface area contributed by atoms with Crippen LogP contribution in [0.5, 0.6) is 0 Å². The minimum atomic E-state index is -0.687. The number of carbonyl (C=O) groups is 1. The van der Waals surface area contributed by atoms with E-state index < -0.39 is 11.7 Å². The van der Waals surface area contributed by atoms with Crippen LogP contribution >= 0.6 is 11.8 Å². The van der Waals surface area contributed by atoms with Crippen molar-refractivity contribution >= 4 is 23.4 Å². The van der Waals surface area contributed by atoms with E-state index in [-0.39, 0.29) is 11.7 Å². The van der Waals surface area contributed by atoms with Crippen LogP contribution in [0.25, 0.3) is 0 Å². The summed E-state index contributed by atoms with van der Waals surface area (Å²) in [7, 11) is 1.80. The fourth-order valence-corrected chi connectivity index (χ4v) is 4.96. The molecule has 4 rings (SSSR count). The highest BCUT2D eigenvalue weighted by Crippen LogP contribution is 2.39. The monoisotopic (exact) mass is 401 g/mol. The maximum absolute atomic E-state index is 14.3. The molecule has 4 nitrogen and oxygen atoms in total. The summed E-state index contributed by atoms with van der Waals surface area (Å²) in [6.07, 6.45) is 1.88. The molecule has 2 aromatic carbocycles. The zero-order valence-electron chi connectivity index (χ0n) is 16.1. The average Bonchev–Trinajstić information content (AvgIpc) is 2.64. The molecule has 2 atom stereocenters. The van der Waals surface area contributed by atoms with Gasteiger partial charge >= 0.3 is 0 Å². The number of benzene rings is 2. The number of fused-ring (bicyclic) bond motifs is 1. The molecule has 2 unspecified atom stereocenters.